The number of aryl methyl sites for hydroxylation is 1. The maximum atomic E-state index is 13.1. The smallest absolute Gasteiger partial charge is 0.230 e. The van der Waals surface area contributed by atoms with Gasteiger partial charge in [-0.05, 0) is 66.8 Å². The summed E-state index contributed by atoms with van der Waals surface area (Å²) in [5.41, 5.74) is 0.303. The highest BCUT2D eigenvalue weighted by Gasteiger charge is 2.51. The van der Waals surface area contributed by atoms with Gasteiger partial charge in [-0.3, -0.25) is 4.79 Å². The van der Waals surface area contributed by atoms with Gasteiger partial charge in [0.1, 0.15) is 11.4 Å². The predicted molar refractivity (Wildman–Crippen MR) is 91.5 cm³/mol. The van der Waals surface area contributed by atoms with Crippen molar-refractivity contribution in [3.8, 4) is 0 Å². The van der Waals surface area contributed by atoms with Crippen LogP contribution in [0.1, 0.15) is 41.7 Å². The van der Waals surface area contributed by atoms with Crippen molar-refractivity contribution >= 4 is 17.2 Å². The third-order valence-electron chi connectivity index (χ3n) is 5.36. The van der Waals surface area contributed by atoms with E-state index in [4.69, 9.17) is 0 Å². The molecule has 3 nitrogen and oxygen atoms in total. The van der Waals surface area contributed by atoms with Crippen molar-refractivity contribution in [2.75, 3.05) is 6.54 Å². The number of hydrogen-bond acceptors (Lipinski definition) is 3. The van der Waals surface area contributed by atoms with Gasteiger partial charge in [-0.25, -0.2) is 4.39 Å². The van der Waals surface area contributed by atoms with E-state index in [0.29, 0.717) is 6.42 Å². The fourth-order valence-electron chi connectivity index (χ4n) is 3.74. The molecule has 1 amide bonds. The van der Waals surface area contributed by atoms with Gasteiger partial charge in [-0.15, -0.1) is 11.3 Å². The topological polar surface area (TPSA) is 49.3 Å². The van der Waals surface area contributed by atoms with Crippen LogP contribution in [-0.4, -0.2) is 17.6 Å². The molecule has 1 atom stereocenters. The van der Waals surface area contributed by atoms with Crippen molar-refractivity contribution < 1.29 is 14.3 Å². The van der Waals surface area contributed by atoms with E-state index in [-0.39, 0.29) is 18.3 Å². The number of thiophene rings is 1. The number of nitrogens with one attached hydrogen (secondary N) is 1. The summed E-state index contributed by atoms with van der Waals surface area (Å²) in [6.07, 6.45) is 4.14. The lowest BCUT2D eigenvalue weighted by Crippen LogP contribution is -2.45. The molecular formula is C19H20FNO2S. The lowest BCUT2D eigenvalue weighted by Gasteiger charge is -2.33. The highest BCUT2D eigenvalue weighted by atomic mass is 32.1. The average Bonchev–Trinajstić information content (AvgIpc) is 3.24. The molecule has 1 heterocycles. The van der Waals surface area contributed by atoms with E-state index in [0.717, 1.165) is 36.8 Å². The Morgan fingerprint density at radius 1 is 1.21 bits per heavy atom. The summed E-state index contributed by atoms with van der Waals surface area (Å²) in [6, 6.07) is 8.14. The molecule has 1 saturated carbocycles. The van der Waals surface area contributed by atoms with Gasteiger partial charge in [0.25, 0.3) is 0 Å². The number of benzene rings is 1. The molecule has 0 spiro atoms. The van der Waals surface area contributed by atoms with Gasteiger partial charge >= 0.3 is 0 Å². The number of fused-ring (bicyclic) bond motifs is 1. The van der Waals surface area contributed by atoms with Gasteiger partial charge in [0.05, 0.1) is 12.0 Å². The van der Waals surface area contributed by atoms with Gasteiger partial charge in [-0.2, -0.15) is 0 Å². The Kier molecular flexibility index (Phi) is 3.73. The Morgan fingerprint density at radius 2 is 1.96 bits per heavy atom. The zero-order valence-corrected chi connectivity index (χ0v) is 14.2. The van der Waals surface area contributed by atoms with Crippen LogP contribution in [0.25, 0.3) is 0 Å². The van der Waals surface area contributed by atoms with Crippen molar-refractivity contribution in [1.29, 1.82) is 0 Å². The number of carbonyl (C=O) groups excluding carboxylic acids is 1. The first-order valence-corrected chi connectivity index (χ1v) is 9.25. The van der Waals surface area contributed by atoms with Gasteiger partial charge in [0.15, 0.2) is 0 Å². The number of rotatable bonds is 4. The maximum Gasteiger partial charge on any atom is 0.230 e. The lowest BCUT2D eigenvalue weighted by atomic mass is 9.83. The molecular weight excluding hydrogens is 325 g/mol. The summed E-state index contributed by atoms with van der Waals surface area (Å²) >= 11 is 1.67. The van der Waals surface area contributed by atoms with Crippen molar-refractivity contribution in [3.05, 3.63) is 57.5 Å². The molecule has 126 valence electrons. The molecule has 0 radical (unpaired) electrons. The van der Waals surface area contributed by atoms with Crippen molar-refractivity contribution in [3.63, 3.8) is 0 Å². The molecule has 1 aromatic heterocycles. The van der Waals surface area contributed by atoms with E-state index in [2.05, 4.69) is 5.32 Å². The number of aliphatic hydroxyl groups is 1. The molecule has 0 saturated heterocycles. The Labute approximate surface area is 144 Å². The Bertz CT molecular complexity index is 766. The van der Waals surface area contributed by atoms with E-state index in [1.165, 1.54) is 17.0 Å². The minimum absolute atomic E-state index is 0.0649. The number of carbonyl (C=O) groups is 1. The van der Waals surface area contributed by atoms with Crippen molar-refractivity contribution in [2.24, 2.45) is 0 Å². The van der Waals surface area contributed by atoms with E-state index in [1.807, 2.05) is 11.4 Å². The molecule has 0 bridgehead atoms. The van der Waals surface area contributed by atoms with Crippen LogP contribution in [0.2, 0.25) is 0 Å². The largest absolute Gasteiger partial charge is 0.383 e. The molecule has 2 aliphatic rings. The van der Waals surface area contributed by atoms with E-state index < -0.39 is 11.0 Å². The Hall–Kier alpha value is -1.72. The maximum absolute atomic E-state index is 13.1. The van der Waals surface area contributed by atoms with Crippen LogP contribution in [0, 0.1) is 5.82 Å². The molecule has 5 heteroatoms. The van der Waals surface area contributed by atoms with Crippen LogP contribution < -0.4 is 5.32 Å². The predicted octanol–water partition coefficient (Wildman–Crippen LogP) is 3.26. The number of amides is 1. The SMILES string of the molecule is O=C(NCC1(O)CCCc2sccc21)C1(c2ccc(F)cc2)CC1. The van der Waals surface area contributed by atoms with E-state index in [9.17, 15) is 14.3 Å². The van der Waals surface area contributed by atoms with Gasteiger partial charge in [0, 0.05) is 4.88 Å². The highest BCUT2D eigenvalue weighted by Crippen LogP contribution is 2.48. The zero-order valence-electron chi connectivity index (χ0n) is 13.3. The second-order valence-corrected chi connectivity index (χ2v) is 7.91. The lowest BCUT2D eigenvalue weighted by molar-refractivity contribution is -0.125. The van der Waals surface area contributed by atoms with E-state index in [1.54, 1.807) is 23.5 Å². The van der Waals surface area contributed by atoms with Crippen LogP contribution in [0.5, 0.6) is 0 Å². The third-order valence-corrected chi connectivity index (χ3v) is 6.34. The summed E-state index contributed by atoms with van der Waals surface area (Å²) < 4.78 is 13.1. The van der Waals surface area contributed by atoms with Crippen LogP contribution in [0.15, 0.2) is 35.7 Å². The fourth-order valence-corrected chi connectivity index (χ4v) is 4.76. The summed E-state index contributed by atoms with van der Waals surface area (Å²) in [5.74, 6) is -0.360. The summed E-state index contributed by atoms with van der Waals surface area (Å²) in [6.45, 7) is 0.235. The van der Waals surface area contributed by atoms with Gasteiger partial charge in [0.2, 0.25) is 5.91 Å². The molecule has 1 aromatic carbocycles. The first kappa shape index (κ1) is 15.8. The number of hydrogen-bond donors (Lipinski definition) is 2. The average molecular weight is 345 g/mol. The van der Waals surface area contributed by atoms with Crippen LogP contribution in [0.3, 0.4) is 0 Å². The minimum atomic E-state index is -0.970. The normalized spacial score (nSPS) is 24.2. The van der Waals surface area contributed by atoms with Crippen LogP contribution in [0.4, 0.5) is 4.39 Å². The standard InChI is InChI=1S/C19H20FNO2S/c20-14-5-3-13(4-6-14)18(9-10-18)17(22)21-12-19(23)8-1-2-16-15(19)7-11-24-16/h3-7,11,23H,1-2,8-10,12H2,(H,21,22). The minimum Gasteiger partial charge on any atom is -0.383 e. The second-order valence-electron chi connectivity index (χ2n) is 6.91. The summed E-state index contributed by atoms with van der Waals surface area (Å²) in [7, 11) is 0. The molecule has 2 aliphatic carbocycles. The van der Waals surface area contributed by atoms with Crippen molar-refractivity contribution in [2.45, 2.75) is 43.1 Å². The first-order valence-electron chi connectivity index (χ1n) is 8.37. The van der Waals surface area contributed by atoms with Crippen LogP contribution >= 0.6 is 11.3 Å². The Balaban J connectivity index is 1.49. The van der Waals surface area contributed by atoms with Crippen molar-refractivity contribution in [1.82, 2.24) is 5.32 Å². The van der Waals surface area contributed by atoms with E-state index >= 15 is 0 Å². The highest BCUT2D eigenvalue weighted by molar-refractivity contribution is 7.10. The zero-order chi connectivity index (χ0) is 16.8. The molecule has 2 aromatic rings. The quantitative estimate of drug-likeness (QED) is 0.894. The summed E-state index contributed by atoms with van der Waals surface area (Å²) in [5, 5.41) is 16.0. The van der Waals surface area contributed by atoms with Gasteiger partial charge in [-0.1, -0.05) is 12.1 Å². The molecule has 2 N–H and O–H groups in total. The Morgan fingerprint density at radius 3 is 2.67 bits per heavy atom. The monoisotopic (exact) mass is 345 g/mol. The van der Waals surface area contributed by atoms with Gasteiger partial charge < -0.3 is 10.4 Å². The molecule has 24 heavy (non-hydrogen) atoms. The third kappa shape index (κ3) is 2.56. The first-order chi connectivity index (χ1) is 11.5. The molecule has 1 fully saturated rings. The second kappa shape index (κ2) is 5.67. The number of halogens is 1. The molecule has 4 rings (SSSR count). The molecule has 0 aliphatic heterocycles. The summed E-state index contributed by atoms with van der Waals surface area (Å²) in [4.78, 5) is 14.0. The van der Waals surface area contributed by atoms with Crippen LogP contribution in [-0.2, 0) is 22.2 Å². The molecule has 1 unspecified atom stereocenters. The fraction of sp³-hybridized carbons (Fsp3) is 0.421.